The van der Waals surface area contributed by atoms with Gasteiger partial charge in [-0.05, 0) is 39.3 Å². The molecule has 5 heteroatoms. The van der Waals surface area contributed by atoms with Crippen molar-refractivity contribution in [3.05, 3.63) is 0 Å². The molecule has 5 nitrogen and oxygen atoms in total. The van der Waals surface area contributed by atoms with Crippen molar-refractivity contribution in [2.24, 2.45) is 16.8 Å². The molecule has 0 aliphatic carbocycles. The van der Waals surface area contributed by atoms with E-state index in [4.69, 9.17) is 15.7 Å². The molecule has 0 aromatic heterocycles. The molecule has 0 aromatic carbocycles. The highest BCUT2D eigenvalue weighted by atomic mass is 16.5. The lowest BCUT2D eigenvalue weighted by atomic mass is 10.1. The minimum Gasteiger partial charge on any atom is -0.409 e. The van der Waals surface area contributed by atoms with Crippen molar-refractivity contribution in [2.45, 2.75) is 38.7 Å². The molecule has 1 rings (SSSR count). The van der Waals surface area contributed by atoms with Gasteiger partial charge in [0.05, 0.1) is 6.10 Å². The van der Waals surface area contributed by atoms with Gasteiger partial charge < -0.3 is 20.6 Å². The molecule has 0 bridgehead atoms. The van der Waals surface area contributed by atoms with E-state index in [0.29, 0.717) is 11.9 Å². The lowest BCUT2D eigenvalue weighted by molar-refractivity contribution is 0.0995. The van der Waals surface area contributed by atoms with E-state index in [0.717, 1.165) is 32.5 Å². The smallest absolute Gasteiger partial charge is 0.143 e. The first kappa shape index (κ1) is 14.3. The van der Waals surface area contributed by atoms with Gasteiger partial charge >= 0.3 is 0 Å². The van der Waals surface area contributed by atoms with Crippen LogP contribution in [0.15, 0.2) is 5.16 Å². The van der Waals surface area contributed by atoms with Crippen molar-refractivity contribution in [1.82, 2.24) is 4.90 Å². The highest BCUT2D eigenvalue weighted by molar-refractivity contribution is 5.82. The summed E-state index contributed by atoms with van der Waals surface area (Å²) in [6.07, 6.45) is 5.18. The standard InChI is InChI=1S/C12H25N3O2/c1-10(12(13)14-16)9-15(2)7-3-5-11-6-4-8-17-11/h10-11,16H,3-9H2,1-2H3,(H2,13,14). The van der Waals surface area contributed by atoms with Gasteiger partial charge in [0.15, 0.2) is 0 Å². The fourth-order valence-electron chi connectivity index (χ4n) is 2.21. The SMILES string of the molecule is CC(CN(C)CCCC1CCCO1)C(N)=NO. The number of hydrogen-bond acceptors (Lipinski definition) is 4. The molecule has 1 heterocycles. The summed E-state index contributed by atoms with van der Waals surface area (Å²) in [6, 6.07) is 0. The molecule has 1 aliphatic rings. The van der Waals surface area contributed by atoms with Crippen LogP contribution in [0.1, 0.15) is 32.6 Å². The second-order valence-corrected chi connectivity index (χ2v) is 4.97. The van der Waals surface area contributed by atoms with E-state index in [1.165, 1.54) is 12.8 Å². The minimum absolute atomic E-state index is 0.0905. The summed E-state index contributed by atoms with van der Waals surface area (Å²) >= 11 is 0. The van der Waals surface area contributed by atoms with Crippen molar-refractivity contribution in [3.8, 4) is 0 Å². The van der Waals surface area contributed by atoms with Crippen LogP contribution in [0.3, 0.4) is 0 Å². The molecular formula is C12H25N3O2. The van der Waals surface area contributed by atoms with E-state index in [9.17, 15) is 0 Å². The van der Waals surface area contributed by atoms with Gasteiger partial charge in [-0.25, -0.2) is 0 Å². The van der Waals surface area contributed by atoms with Crippen LogP contribution in [0.5, 0.6) is 0 Å². The van der Waals surface area contributed by atoms with Crippen molar-refractivity contribution in [3.63, 3.8) is 0 Å². The molecule has 2 unspecified atom stereocenters. The maximum absolute atomic E-state index is 8.57. The van der Waals surface area contributed by atoms with E-state index in [-0.39, 0.29) is 5.92 Å². The van der Waals surface area contributed by atoms with Crippen molar-refractivity contribution in [2.75, 3.05) is 26.7 Å². The first-order valence-electron chi connectivity index (χ1n) is 6.41. The summed E-state index contributed by atoms with van der Waals surface area (Å²) in [5.41, 5.74) is 5.55. The number of hydrogen-bond donors (Lipinski definition) is 2. The van der Waals surface area contributed by atoms with Gasteiger partial charge in [0.1, 0.15) is 5.84 Å². The molecule has 100 valence electrons. The second-order valence-electron chi connectivity index (χ2n) is 4.97. The Morgan fingerprint density at radius 3 is 3.00 bits per heavy atom. The highest BCUT2D eigenvalue weighted by Crippen LogP contribution is 2.16. The molecule has 0 radical (unpaired) electrons. The number of amidine groups is 1. The van der Waals surface area contributed by atoms with Crippen LogP contribution < -0.4 is 5.73 Å². The third kappa shape index (κ3) is 5.37. The highest BCUT2D eigenvalue weighted by Gasteiger charge is 2.15. The van der Waals surface area contributed by atoms with Gasteiger partial charge in [-0.15, -0.1) is 0 Å². The quantitative estimate of drug-likeness (QED) is 0.306. The Kier molecular flexibility index (Phi) is 6.29. The van der Waals surface area contributed by atoms with E-state index < -0.39 is 0 Å². The monoisotopic (exact) mass is 243 g/mol. The van der Waals surface area contributed by atoms with Gasteiger partial charge in [0, 0.05) is 19.1 Å². The number of oxime groups is 1. The number of ether oxygens (including phenoxy) is 1. The van der Waals surface area contributed by atoms with Crippen LogP contribution in [-0.2, 0) is 4.74 Å². The molecule has 2 atom stereocenters. The third-order valence-electron chi connectivity index (χ3n) is 3.30. The first-order chi connectivity index (χ1) is 8.13. The van der Waals surface area contributed by atoms with E-state index in [2.05, 4.69) is 17.1 Å². The van der Waals surface area contributed by atoms with Crippen molar-refractivity contribution in [1.29, 1.82) is 0 Å². The molecule has 0 saturated carbocycles. The molecule has 17 heavy (non-hydrogen) atoms. The Morgan fingerprint density at radius 1 is 1.65 bits per heavy atom. The van der Waals surface area contributed by atoms with Gasteiger partial charge in [0.2, 0.25) is 0 Å². The molecular weight excluding hydrogens is 218 g/mol. The van der Waals surface area contributed by atoms with Crippen LogP contribution in [0, 0.1) is 5.92 Å². The summed E-state index contributed by atoms with van der Waals surface area (Å²) in [6.45, 7) is 4.75. The zero-order valence-corrected chi connectivity index (χ0v) is 10.9. The van der Waals surface area contributed by atoms with Gasteiger partial charge in [0.25, 0.3) is 0 Å². The van der Waals surface area contributed by atoms with Gasteiger partial charge in [-0.1, -0.05) is 12.1 Å². The van der Waals surface area contributed by atoms with Crippen LogP contribution in [0.25, 0.3) is 0 Å². The zero-order chi connectivity index (χ0) is 12.7. The average molecular weight is 243 g/mol. The summed E-state index contributed by atoms with van der Waals surface area (Å²) in [5.74, 6) is 0.392. The van der Waals surface area contributed by atoms with E-state index in [1.54, 1.807) is 0 Å². The summed E-state index contributed by atoms with van der Waals surface area (Å²) in [7, 11) is 2.07. The molecule has 0 spiro atoms. The lowest BCUT2D eigenvalue weighted by Gasteiger charge is -2.21. The second kappa shape index (κ2) is 7.50. The van der Waals surface area contributed by atoms with E-state index in [1.807, 2.05) is 6.92 Å². The fourth-order valence-corrected chi connectivity index (χ4v) is 2.21. The topological polar surface area (TPSA) is 71.1 Å². The molecule has 1 fully saturated rings. The Morgan fingerprint density at radius 2 is 2.41 bits per heavy atom. The molecule has 3 N–H and O–H groups in total. The molecule has 1 saturated heterocycles. The zero-order valence-electron chi connectivity index (χ0n) is 10.9. The number of rotatable bonds is 7. The predicted octanol–water partition coefficient (Wildman–Crippen LogP) is 1.26. The summed E-state index contributed by atoms with van der Waals surface area (Å²) < 4.78 is 5.58. The van der Waals surface area contributed by atoms with Crippen LogP contribution in [0.2, 0.25) is 0 Å². The third-order valence-corrected chi connectivity index (χ3v) is 3.30. The Hall–Kier alpha value is -0.810. The minimum atomic E-state index is 0.0905. The van der Waals surface area contributed by atoms with Crippen LogP contribution in [-0.4, -0.2) is 48.8 Å². The van der Waals surface area contributed by atoms with Gasteiger partial charge in [-0.2, -0.15) is 0 Å². The molecule has 1 aliphatic heterocycles. The molecule has 0 aromatic rings. The lowest BCUT2D eigenvalue weighted by Crippen LogP contribution is -2.33. The maximum Gasteiger partial charge on any atom is 0.143 e. The number of nitrogens with zero attached hydrogens (tertiary/aromatic N) is 2. The predicted molar refractivity (Wildman–Crippen MR) is 68.3 cm³/mol. The molecule has 0 amide bonds. The van der Waals surface area contributed by atoms with Gasteiger partial charge in [-0.3, -0.25) is 0 Å². The Labute approximate surface area is 104 Å². The summed E-state index contributed by atoms with van der Waals surface area (Å²) in [4.78, 5) is 2.22. The average Bonchev–Trinajstić information content (AvgIpc) is 2.80. The first-order valence-corrected chi connectivity index (χ1v) is 6.41. The maximum atomic E-state index is 8.57. The number of nitrogens with two attached hydrogens (primary N) is 1. The van der Waals surface area contributed by atoms with Crippen molar-refractivity contribution < 1.29 is 9.94 Å². The van der Waals surface area contributed by atoms with Crippen LogP contribution in [0.4, 0.5) is 0 Å². The van der Waals surface area contributed by atoms with Crippen molar-refractivity contribution >= 4 is 5.84 Å². The fraction of sp³-hybridized carbons (Fsp3) is 0.917. The Balaban J connectivity index is 2.09. The summed E-state index contributed by atoms with van der Waals surface area (Å²) in [5, 5.41) is 11.6. The normalized spacial score (nSPS) is 23.2. The largest absolute Gasteiger partial charge is 0.409 e. The van der Waals surface area contributed by atoms with Crippen LogP contribution >= 0.6 is 0 Å². The Bertz CT molecular complexity index is 240. The van der Waals surface area contributed by atoms with E-state index >= 15 is 0 Å².